The number of likely N-dealkylation sites (tertiary alicyclic amines) is 1. The summed E-state index contributed by atoms with van der Waals surface area (Å²) < 4.78 is 6.15. The molecule has 2 fully saturated rings. The number of nitrogens with one attached hydrogen (secondary N) is 1. The zero-order chi connectivity index (χ0) is 21.6. The fourth-order valence-corrected chi connectivity index (χ4v) is 4.74. The van der Waals surface area contributed by atoms with Gasteiger partial charge in [-0.2, -0.15) is 0 Å². The molecule has 0 spiro atoms. The fourth-order valence-electron chi connectivity index (χ4n) is 4.74. The molecule has 0 aliphatic carbocycles. The number of likely N-dealkylation sites (N-methyl/N-ethyl adjacent to an activating group) is 1. The highest BCUT2D eigenvalue weighted by atomic mass is 127. The van der Waals surface area contributed by atoms with Crippen LogP contribution in [0.3, 0.4) is 0 Å². The van der Waals surface area contributed by atoms with E-state index in [9.17, 15) is 0 Å². The van der Waals surface area contributed by atoms with Crippen molar-refractivity contribution in [3.05, 3.63) is 71.8 Å². The topological polar surface area (TPSA) is 43.3 Å². The first-order chi connectivity index (χ1) is 15.2. The van der Waals surface area contributed by atoms with Gasteiger partial charge in [-0.3, -0.25) is 9.89 Å². The molecule has 6 nitrogen and oxygen atoms in total. The molecule has 7 heteroatoms. The summed E-state index contributed by atoms with van der Waals surface area (Å²) in [4.78, 5) is 11.8. The van der Waals surface area contributed by atoms with Crippen molar-refractivity contribution in [3.63, 3.8) is 0 Å². The summed E-state index contributed by atoms with van der Waals surface area (Å²) in [6.07, 6.45) is 0.231. The fraction of sp³-hybridized carbons (Fsp3) is 0.480. The van der Waals surface area contributed by atoms with Gasteiger partial charge in [0, 0.05) is 39.8 Å². The quantitative estimate of drug-likeness (QED) is 0.341. The summed E-state index contributed by atoms with van der Waals surface area (Å²) in [6, 6.07) is 22.1. The lowest BCUT2D eigenvalue weighted by atomic mass is 10.1. The highest BCUT2D eigenvalue weighted by Crippen LogP contribution is 2.25. The first-order valence-electron chi connectivity index (χ1n) is 11.2. The summed E-state index contributed by atoms with van der Waals surface area (Å²) in [5.41, 5.74) is 2.67. The third-order valence-electron chi connectivity index (χ3n) is 6.42. The van der Waals surface area contributed by atoms with Gasteiger partial charge in [0.15, 0.2) is 5.96 Å². The molecule has 2 aliphatic heterocycles. The Bertz CT molecular complexity index is 848. The molecule has 2 heterocycles. The molecular formula is C25H36IN5O. The number of fused-ring (bicyclic) bond motifs is 1. The van der Waals surface area contributed by atoms with E-state index in [-0.39, 0.29) is 36.1 Å². The molecule has 2 saturated heterocycles. The first-order valence-corrected chi connectivity index (χ1v) is 11.2. The molecule has 4 rings (SSSR count). The number of rotatable bonds is 6. The van der Waals surface area contributed by atoms with Gasteiger partial charge in [0.2, 0.25) is 0 Å². The molecule has 0 amide bonds. The van der Waals surface area contributed by atoms with E-state index in [1.165, 1.54) is 11.1 Å². The summed E-state index contributed by atoms with van der Waals surface area (Å²) >= 11 is 0. The van der Waals surface area contributed by atoms with Crippen LogP contribution >= 0.6 is 24.0 Å². The van der Waals surface area contributed by atoms with Crippen LogP contribution in [0.2, 0.25) is 0 Å². The van der Waals surface area contributed by atoms with Crippen LogP contribution < -0.4 is 5.32 Å². The van der Waals surface area contributed by atoms with E-state index in [2.05, 4.69) is 99.8 Å². The number of morpholine rings is 1. The number of guanidine groups is 1. The maximum absolute atomic E-state index is 6.15. The highest BCUT2D eigenvalue weighted by molar-refractivity contribution is 14.0. The Balaban J connectivity index is 0.00000289. The molecule has 1 N–H and O–H groups in total. The minimum Gasteiger partial charge on any atom is -0.373 e. The van der Waals surface area contributed by atoms with E-state index in [1.54, 1.807) is 0 Å². The van der Waals surface area contributed by atoms with Crippen LogP contribution in [0, 0.1) is 0 Å². The average Bonchev–Trinajstić information content (AvgIpc) is 3.23. The maximum Gasteiger partial charge on any atom is 0.193 e. The molecule has 0 bridgehead atoms. The van der Waals surface area contributed by atoms with Crippen LogP contribution in [0.5, 0.6) is 0 Å². The maximum atomic E-state index is 6.15. The predicted molar refractivity (Wildman–Crippen MR) is 142 cm³/mol. The van der Waals surface area contributed by atoms with Crippen molar-refractivity contribution in [2.45, 2.75) is 24.7 Å². The molecule has 32 heavy (non-hydrogen) atoms. The molecule has 2 aliphatic rings. The number of aliphatic imine (C=N–C) groups is 1. The number of hydrogen-bond acceptors (Lipinski definition) is 4. The SMILES string of the molecule is CN=C(NCC(c1ccccc1)N(C)C)N1CC2OCCN(Cc3ccccc3)C2C1.I. The van der Waals surface area contributed by atoms with Crippen molar-refractivity contribution >= 4 is 29.9 Å². The smallest absolute Gasteiger partial charge is 0.193 e. The van der Waals surface area contributed by atoms with Crippen molar-refractivity contribution in [2.75, 3.05) is 53.9 Å². The molecule has 3 atom stereocenters. The lowest BCUT2D eigenvalue weighted by molar-refractivity contribution is -0.0502. The summed E-state index contributed by atoms with van der Waals surface area (Å²) in [6.45, 7) is 5.38. The summed E-state index contributed by atoms with van der Waals surface area (Å²) in [5.74, 6) is 0.959. The van der Waals surface area contributed by atoms with E-state index in [0.29, 0.717) is 6.04 Å². The van der Waals surface area contributed by atoms with Crippen LogP contribution in [0.15, 0.2) is 65.7 Å². The second kappa shape index (κ2) is 12.0. The van der Waals surface area contributed by atoms with Crippen molar-refractivity contribution < 1.29 is 4.74 Å². The van der Waals surface area contributed by atoms with Crippen molar-refractivity contribution in [2.24, 2.45) is 4.99 Å². The van der Waals surface area contributed by atoms with Crippen molar-refractivity contribution in [1.82, 2.24) is 20.0 Å². The second-order valence-electron chi connectivity index (χ2n) is 8.66. The van der Waals surface area contributed by atoms with Gasteiger partial charge in [0.05, 0.1) is 24.8 Å². The molecule has 174 valence electrons. The Morgan fingerprint density at radius 2 is 1.78 bits per heavy atom. The Morgan fingerprint density at radius 1 is 1.09 bits per heavy atom. The summed E-state index contributed by atoms with van der Waals surface area (Å²) in [7, 11) is 6.13. The molecular weight excluding hydrogens is 513 g/mol. The number of halogens is 1. The number of hydrogen-bond donors (Lipinski definition) is 1. The summed E-state index contributed by atoms with van der Waals surface area (Å²) in [5, 5.41) is 3.63. The first kappa shape index (κ1) is 25.0. The Kier molecular flexibility index (Phi) is 9.34. The minimum absolute atomic E-state index is 0. The third kappa shape index (κ3) is 6.01. The van der Waals surface area contributed by atoms with Crippen molar-refractivity contribution in [3.8, 4) is 0 Å². The van der Waals surface area contributed by atoms with Gasteiger partial charge in [-0.05, 0) is 25.2 Å². The Hall–Kier alpha value is -1.68. The third-order valence-corrected chi connectivity index (χ3v) is 6.42. The lowest BCUT2D eigenvalue weighted by Gasteiger charge is -2.36. The highest BCUT2D eigenvalue weighted by Gasteiger charge is 2.41. The van der Waals surface area contributed by atoms with E-state index in [1.807, 2.05) is 7.05 Å². The number of benzene rings is 2. The standard InChI is InChI=1S/C25H35N5O.HI/c1-26-25(27-16-22(28(2)3)21-12-8-5-9-13-21)30-18-23-24(19-30)31-15-14-29(23)17-20-10-6-4-7-11-20;/h4-13,22-24H,14-19H2,1-3H3,(H,26,27);1H. The minimum atomic E-state index is 0. The van der Waals surface area contributed by atoms with Crippen LogP contribution in [-0.2, 0) is 11.3 Å². The van der Waals surface area contributed by atoms with Gasteiger partial charge in [0.1, 0.15) is 0 Å². The Morgan fingerprint density at radius 3 is 2.44 bits per heavy atom. The van der Waals surface area contributed by atoms with Crippen LogP contribution in [0.4, 0.5) is 0 Å². The zero-order valence-electron chi connectivity index (χ0n) is 19.4. The van der Waals surface area contributed by atoms with Gasteiger partial charge in [-0.25, -0.2) is 0 Å². The molecule has 3 unspecified atom stereocenters. The number of nitrogens with zero attached hydrogens (tertiary/aromatic N) is 4. The van der Waals surface area contributed by atoms with Gasteiger partial charge < -0.3 is 19.9 Å². The molecule has 2 aromatic rings. The van der Waals surface area contributed by atoms with Gasteiger partial charge in [-0.15, -0.1) is 24.0 Å². The second-order valence-corrected chi connectivity index (χ2v) is 8.66. The van der Waals surface area contributed by atoms with Crippen LogP contribution in [-0.4, -0.2) is 86.7 Å². The molecule has 0 saturated carbocycles. The van der Waals surface area contributed by atoms with Crippen LogP contribution in [0.1, 0.15) is 17.2 Å². The van der Waals surface area contributed by atoms with Gasteiger partial charge in [0.25, 0.3) is 0 Å². The largest absolute Gasteiger partial charge is 0.373 e. The zero-order valence-corrected chi connectivity index (χ0v) is 21.7. The van der Waals surface area contributed by atoms with Crippen molar-refractivity contribution in [1.29, 1.82) is 0 Å². The van der Waals surface area contributed by atoms with E-state index in [4.69, 9.17) is 4.74 Å². The average molecular weight is 550 g/mol. The van der Waals surface area contributed by atoms with Crippen LogP contribution in [0.25, 0.3) is 0 Å². The van der Waals surface area contributed by atoms with Gasteiger partial charge in [-0.1, -0.05) is 60.7 Å². The van der Waals surface area contributed by atoms with E-state index < -0.39 is 0 Å². The van der Waals surface area contributed by atoms with Gasteiger partial charge >= 0.3 is 0 Å². The predicted octanol–water partition coefficient (Wildman–Crippen LogP) is 3.07. The molecule has 0 radical (unpaired) electrons. The molecule has 2 aromatic carbocycles. The van der Waals surface area contributed by atoms with E-state index in [0.717, 1.165) is 45.3 Å². The Labute approximate surface area is 209 Å². The normalized spacial score (nSPS) is 22.4. The monoisotopic (exact) mass is 549 g/mol. The lowest BCUT2D eigenvalue weighted by Crippen LogP contribution is -2.50. The van der Waals surface area contributed by atoms with E-state index >= 15 is 0 Å². The molecule has 0 aromatic heterocycles. The number of ether oxygens (including phenoxy) is 1.